The highest BCUT2D eigenvalue weighted by molar-refractivity contribution is 6.07. The zero-order valence-electron chi connectivity index (χ0n) is 36.2. The molecule has 0 aliphatic heterocycles. The van der Waals surface area contributed by atoms with Crippen LogP contribution in [0.1, 0.15) is 77.0 Å². The zero-order valence-corrected chi connectivity index (χ0v) is 36.2. The molecule has 3 aliphatic carbocycles. The van der Waals surface area contributed by atoms with E-state index < -0.39 is 0 Å². The molecule has 2 aromatic heterocycles. The standard InChI is InChI=1S/C58H51N3O/c1-34-26-36-28-35(2)58(44(27-34)29-36)50-31-39(19-22-46(50)49-25-18-37-12-9-10-17-45(37)53(49)58)40-20-23-47-48-24-21-42(33-52(48)62-51(47)32-40)56-60-54(38-13-7-6-8-14-38)59-55(61-56)41-15-11-16-43(30-41)57(3,4)5/h6-25,30-36,44H,26-29H2,1-5H3. The molecule has 5 unspecified atom stereocenters. The first-order chi connectivity index (χ1) is 30.1. The van der Waals surface area contributed by atoms with Crippen molar-refractivity contribution in [3.05, 3.63) is 162 Å². The average molecular weight is 806 g/mol. The highest BCUT2D eigenvalue weighted by Crippen LogP contribution is 2.66. The topological polar surface area (TPSA) is 51.8 Å². The maximum atomic E-state index is 6.77. The number of benzene rings is 7. The molecule has 4 heteroatoms. The van der Waals surface area contributed by atoms with Crippen LogP contribution in [0.25, 0.3) is 89.1 Å². The second-order valence-corrected chi connectivity index (χ2v) is 19.9. The van der Waals surface area contributed by atoms with Crippen LogP contribution in [0.2, 0.25) is 0 Å². The molecule has 0 amide bonds. The van der Waals surface area contributed by atoms with E-state index in [0.29, 0.717) is 29.3 Å². The van der Waals surface area contributed by atoms with Crippen LogP contribution in [0.3, 0.4) is 0 Å². The summed E-state index contributed by atoms with van der Waals surface area (Å²) in [5, 5.41) is 4.98. The molecular formula is C58H51N3O. The van der Waals surface area contributed by atoms with Crippen molar-refractivity contribution >= 4 is 32.7 Å². The third kappa shape index (κ3) is 5.75. The monoisotopic (exact) mass is 805 g/mol. The second-order valence-electron chi connectivity index (χ2n) is 19.9. The van der Waals surface area contributed by atoms with Gasteiger partial charge >= 0.3 is 0 Å². The van der Waals surface area contributed by atoms with E-state index in [-0.39, 0.29) is 10.8 Å². The lowest BCUT2D eigenvalue weighted by atomic mass is 9.49. The third-order valence-corrected chi connectivity index (χ3v) is 15.0. The number of fused-ring (bicyclic) bond motifs is 13. The summed E-state index contributed by atoms with van der Waals surface area (Å²) in [6.45, 7) is 11.8. The first-order valence-corrected chi connectivity index (χ1v) is 22.7. The van der Waals surface area contributed by atoms with E-state index in [9.17, 15) is 0 Å². The minimum atomic E-state index is -0.00384. The van der Waals surface area contributed by atoms with E-state index in [4.69, 9.17) is 19.4 Å². The van der Waals surface area contributed by atoms with Crippen LogP contribution in [0, 0.1) is 23.7 Å². The summed E-state index contributed by atoms with van der Waals surface area (Å²) in [7, 11) is 0. The normalized spacial score (nSPS) is 21.8. The van der Waals surface area contributed by atoms with Gasteiger partial charge in [-0.15, -0.1) is 0 Å². The summed E-state index contributed by atoms with van der Waals surface area (Å²) in [6, 6.07) is 53.1. The van der Waals surface area contributed by atoms with Crippen LogP contribution in [0.15, 0.2) is 150 Å². The second kappa shape index (κ2) is 13.8. The number of furan rings is 1. The van der Waals surface area contributed by atoms with Gasteiger partial charge in [0, 0.05) is 32.9 Å². The van der Waals surface area contributed by atoms with Crippen LogP contribution in [-0.2, 0) is 10.8 Å². The summed E-state index contributed by atoms with van der Waals surface area (Å²) in [5.74, 6) is 4.70. The molecule has 4 nitrogen and oxygen atoms in total. The Bertz CT molecular complexity index is 3240. The molecule has 5 atom stereocenters. The Balaban J connectivity index is 0.962. The van der Waals surface area contributed by atoms with Crippen molar-refractivity contribution in [3.8, 4) is 56.4 Å². The molecule has 0 saturated heterocycles. The zero-order chi connectivity index (χ0) is 41.9. The van der Waals surface area contributed by atoms with Crippen LogP contribution in [0.5, 0.6) is 0 Å². The molecule has 62 heavy (non-hydrogen) atoms. The van der Waals surface area contributed by atoms with E-state index >= 15 is 0 Å². The van der Waals surface area contributed by atoms with Gasteiger partial charge in [0.05, 0.1) is 0 Å². The fourth-order valence-electron chi connectivity index (χ4n) is 12.3. The Hall–Kier alpha value is -6.39. The number of aromatic nitrogens is 3. The van der Waals surface area contributed by atoms with Crippen molar-refractivity contribution in [3.63, 3.8) is 0 Å². The van der Waals surface area contributed by atoms with Crippen LogP contribution in [-0.4, -0.2) is 15.0 Å². The summed E-state index contributed by atoms with van der Waals surface area (Å²) in [6.07, 6.45) is 5.30. The number of hydrogen-bond donors (Lipinski definition) is 0. The molecule has 2 saturated carbocycles. The predicted molar refractivity (Wildman–Crippen MR) is 255 cm³/mol. The molecule has 12 rings (SSSR count). The third-order valence-electron chi connectivity index (χ3n) is 15.0. The summed E-state index contributed by atoms with van der Waals surface area (Å²) in [4.78, 5) is 15.2. The lowest BCUT2D eigenvalue weighted by molar-refractivity contribution is 0.0433. The highest BCUT2D eigenvalue weighted by Gasteiger charge is 2.57. The highest BCUT2D eigenvalue weighted by atomic mass is 16.3. The van der Waals surface area contributed by atoms with Gasteiger partial charge in [0.15, 0.2) is 17.5 Å². The minimum Gasteiger partial charge on any atom is -0.456 e. The van der Waals surface area contributed by atoms with Gasteiger partial charge < -0.3 is 4.42 Å². The molecule has 2 bridgehead atoms. The molecule has 304 valence electrons. The predicted octanol–water partition coefficient (Wildman–Crippen LogP) is 15.2. The lowest BCUT2D eigenvalue weighted by Gasteiger charge is -2.54. The van der Waals surface area contributed by atoms with Gasteiger partial charge in [0.2, 0.25) is 0 Å². The van der Waals surface area contributed by atoms with Crippen LogP contribution >= 0.6 is 0 Å². The summed E-state index contributed by atoms with van der Waals surface area (Å²) >= 11 is 0. The Morgan fingerprint density at radius 1 is 0.516 bits per heavy atom. The number of nitrogens with zero attached hydrogens (tertiary/aromatic N) is 3. The molecule has 3 aliphatic rings. The van der Waals surface area contributed by atoms with Gasteiger partial charge in [0.1, 0.15) is 11.2 Å². The Kier molecular flexibility index (Phi) is 8.33. The van der Waals surface area contributed by atoms with Crippen molar-refractivity contribution < 1.29 is 4.42 Å². The van der Waals surface area contributed by atoms with E-state index in [1.54, 1.807) is 5.56 Å². The van der Waals surface area contributed by atoms with Gasteiger partial charge in [-0.3, -0.25) is 0 Å². The van der Waals surface area contributed by atoms with Crippen LogP contribution in [0.4, 0.5) is 0 Å². The van der Waals surface area contributed by atoms with E-state index in [0.717, 1.165) is 50.5 Å². The molecule has 9 aromatic rings. The van der Waals surface area contributed by atoms with Gasteiger partial charge in [-0.05, 0) is 141 Å². The fourth-order valence-corrected chi connectivity index (χ4v) is 12.3. The Labute approximate surface area is 364 Å². The minimum absolute atomic E-state index is 0.00273. The van der Waals surface area contributed by atoms with Crippen LogP contribution < -0.4 is 0 Å². The number of rotatable bonds is 4. The largest absolute Gasteiger partial charge is 0.456 e. The van der Waals surface area contributed by atoms with Crippen molar-refractivity contribution in [2.75, 3.05) is 0 Å². The van der Waals surface area contributed by atoms with Crippen molar-refractivity contribution in [2.24, 2.45) is 23.7 Å². The van der Waals surface area contributed by atoms with Crippen molar-refractivity contribution in [1.82, 2.24) is 15.0 Å². The van der Waals surface area contributed by atoms with Crippen molar-refractivity contribution in [2.45, 2.75) is 71.1 Å². The fraction of sp³-hybridized carbons (Fsp3) is 0.259. The molecule has 2 heterocycles. The number of hydrogen-bond acceptors (Lipinski definition) is 4. The van der Waals surface area contributed by atoms with Gasteiger partial charge in [-0.2, -0.15) is 0 Å². The molecule has 0 radical (unpaired) electrons. The first kappa shape index (κ1) is 37.4. The maximum Gasteiger partial charge on any atom is 0.164 e. The Morgan fingerprint density at radius 2 is 1.15 bits per heavy atom. The Morgan fingerprint density at radius 3 is 1.92 bits per heavy atom. The SMILES string of the molecule is CC1CC2CC(C)C3(c4cc(-c5ccc6c(c5)oc5cc(-c7nc(-c8ccccc8)nc(-c8cccc(C(C)(C)C)c8)n7)ccc56)ccc4-c4ccc5ccccc5c43)C(C1)C2. The summed E-state index contributed by atoms with van der Waals surface area (Å²) in [5.41, 5.74) is 14.2. The molecule has 0 N–H and O–H groups in total. The first-order valence-electron chi connectivity index (χ1n) is 22.7. The van der Waals surface area contributed by atoms with E-state index in [2.05, 4.69) is 162 Å². The van der Waals surface area contributed by atoms with Gasteiger partial charge in [0.25, 0.3) is 0 Å². The van der Waals surface area contributed by atoms with Gasteiger partial charge in [-0.1, -0.05) is 144 Å². The smallest absolute Gasteiger partial charge is 0.164 e. The van der Waals surface area contributed by atoms with E-state index in [1.165, 1.54) is 69.8 Å². The lowest BCUT2D eigenvalue weighted by Crippen LogP contribution is -2.49. The molecule has 2 fully saturated rings. The molecule has 1 spiro atoms. The maximum absolute atomic E-state index is 6.77. The molecule has 7 aromatic carbocycles. The average Bonchev–Trinajstić information content (AvgIpc) is 3.81. The quantitative estimate of drug-likeness (QED) is 0.178. The van der Waals surface area contributed by atoms with E-state index in [1.807, 2.05) is 18.2 Å². The van der Waals surface area contributed by atoms with Crippen molar-refractivity contribution in [1.29, 1.82) is 0 Å². The molecular weight excluding hydrogens is 755 g/mol. The van der Waals surface area contributed by atoms with Gasteiger partial charge in [-0.25, -0.2) is 15.0 Å². The summed E-state index contributed by atoms with van der Waals surface area (Å²) < 4.78 is 6.77.